The number of benzene rings is 2. The molecule has 2 heterocycles. The third-order valence-corrected chi connectivity index (χ3v) is 4.60. The van der Waals surface area contributed by atoms with E-state index in [0.29, 0.717) is 17.3 Å². The van der Waals surface area contributed by atoms with Gasteiger partial charge in [0.1, 0.15) is 17.3 Å². The third kappa shape index (κ3) is 4.25. The van der Waals surface area contributed by atoms with Gasteiger partial charge in [-0.1, -0.05) is 6.07 Å². The Labute approximate surface area is 174 Å². The monoisotopic (exact) mass is 401 g/mol. The van der Waals surface area contributed by atoms with E-state index in [2.05, 4.69) is 47.7 Å². The van der Waals surface area contributed by atoms with Gasteiger partial charge in [-0.3, -0.25) is 4.79 Å². The first-order chi connectivity index (χ1) is 14.4. The summed E-state index contributed by atoms with van der Waals surface area (Å²) in [6.45, 7) is 5.59. The van der Waals surface area contributed by atoms with Crippen molar-refractivity contribution < 1.29 is 9.53 Å². The summed E-state index contributed by atoms with van der Waals surface area (Å²) < 4.78 is 7.96. The van der Waals surface area contributed by atoms with Crippen LogP contribution in [0.15, 0.2) is 54.7 Å². The average molecular weight is 401 g/mol. The summed E-state index contributed by atoms with van der Waals surface area (Å²) in [6.07, 6.45) is 1.59. The number of carbonyl (C=O) groups excluding carboxylic acids is 1. The lowest BCUT2D eigenvalue weighted by atomic mass is 10.1. The van der Waals surface area contributed by atoms with Crippen LogP contribution in [-0.2, 0) is 11.8 Å². The number of ether oxygens (including phenoxy) is 1. The zero-order valence-electron chi connectivity index (χ0n) is 17.4. The molecule has 7 nitrogen and oxygen atoms in total. The predicted molar refractivity (Wildman–Crippen MR) is 119 cm³/mol. The van der Waals surface area contributed by atoms with Gasteiger partial charge in [0.25, 0.3) is 0 Å². The minimum Gasteiger partial charge on any atom is -0.457 e. The average Bonchev–Trinajstić information content (AvgIpc) is 2.95. The highest BCUT2D eigenvalue weighted by Gasteiger charge is 2.10. The minimum absolute atomic E-state index is 0.182. The van der Waals surface area contributed by atoms with E-state index in [1.54, 1.807) is 18.3 Å². The zero-order chi connectivity index (χ0) is 21.3. The van der Waals surface area contributed by atoms with Crippen molar-refractivity contribution in [3.05, 3.63) is 65.9 Å². The van der Waals surface area contributed by atoms with Gasteiger partial charge in [0, 0.05) is 38.0 Å². The van der Waals surface area contributed by atoms with E-state index in [0.717, 1.165) is 22.7 Å². The van der Waals surface area contributed by atoms with Gasteiger partial charge < -0.3 is 19.9 Å². The third-order valence-electron chi connectivity index (χ3n) is 4.60. The molecule has 4 aromatic rings. The predicted octanol–water partition coefficient (Wildman–Crippen LogP) is 5.08. The van der Waals surface area contributed by atoms with Gasteiger partial charge in [0.15, 0.2) is 0 Å². The number of carbonyl (C=O) groups is 1. The Hall–Kier alpha value is -3.87. The molecule has 30 heavy (non-hydrogen) atoms. The van der Waals surface area contributed by atoms with E-state index in [-0.39, 0.29) is 5.91 Å². The lowest BCUT2D eigenvalue weighted by Crippen LogP contribution is -2.07. The second-order valence-electron chi connectivity index (χ2n) is 7.31. The van der Waals surface area contributed by atoms with Crippen molar-refractivity contribution in [3.8, 4) is 11.5 Å². The summed E-state index contributed by atoms with van der Waals surface area (Å²) in [4.78, 5) is 20.1. The number of anilines is 3. The molecule has 0 radical (unpaired) electrons. The molecule has 2 aromatic heterocycles. The molecule has 0 atom stereocenters. The topological polar surface area (TPSA) is 81.1 Å². The van der Waals surface area contributed by atoms with Crippen molar-refractivity contribution in [2.75, 3.05) is 10.6 Å². The van der Waals surface area contributed by atoms with Crippen molar-refractivity contribution in [2.45, 2.75) is 20.8 Å². The summed E-state index contributed by atoms with van der Waals surface area (Å²) in [5, 5.41) is 6.05. The fourth-order valence-corrected chi connectivity index (χ4v) is 3.39. The Bertz CT molecular complexity index is 1230. The maximum atomic E-state index is 11.2. The Kier molecular flexibility index (Phi) is 5.10. The number of aryl methyl sites for hydroxylation is 3. The Balaban J connectivity index is 1.59. The SMILES string of the molecule is CC(=O)Nc1cc(Oc2ccc3c(c2)nc(Nc2cc(C)cc(C)c2)n3C)ccn1. The molecule has 2 aromatic carbocycles. The summed E-state index contributed by atoms with van der Waals surface area (Å²) in [5.74, 6) is 2.25. The van der Waals surface area contributed by atoms with Crippen LogP contribution in [0.25, 0.3) is 11.0 Å². The number of imidazole rings is 1. The Morgan fingerprint density at radius 1 is 1.00 bits per heavy atom. The van der Waals surface area contributed by atoms with E-state index >= 15 is 0 Å². The molecule has 0 unspecified atom stereocenters. The number of aromatic nitrogens is 3. The highest BCUT2D eigenvalue weighted by molar-refractivity contribution is 5.87. The molecule has 0 spiro atoms. The molecule has 0 aliphatic carbocycles. The number of nitrogens with zero attached hydrogens (tertiary/aromatic N) is 3. The second-order valence-corrected chi connectivity index (χ2v) is 7.31. The first kappa shape index (κ1) is 19.4. The summed E-state index contributed by atoms with van der Waals surface area (Å²) in [6, 6.07) is 15.5. The highest BCUT2D eigenvalue weighted by Crippen LogP contribution is 2.29. The molecule has 1 amide bonds. The van der Waals surface area contributed by atoms with E-state index in [9.17, 15) is 4.79 Å². The van der Waals surface area contributed by atoms with Gasteiger partial charge in [0.2, 0.25) is 11.9 Å². The van der Waals surface area contributed by atoms with Gasteiger partial charge in [-0.05, 0) is 55.3 Å². The maximum Gasteiger partial charge on any atom is 0.222 e. The Morgan fingerprint density at radius 2 is 1.73 bits per heavy atom. The number of fused-ring (bicyclic) bond motifs is 1. The molecule has 0 aliphatic rings. The zero-order valence-corrected chi connectivity index (χ0v) is 17.4. The molecule has 0 bridgehead atoms. The molecule has 0 fully saturated rings. The smallest absolute Gasteiger partial charge is 0.222 e. The van der Waals surface area contributed by atoms with Gasteiger partial charge in [0.05, 0.1) is 11.0 Å². The van der Waals surface area contributed by atoms with Crippen molar-refractivity contribution in [2.24, 2.45) is 7.05 Å². The van der Waals surface area contributed by atoms with Crippen LogP contribution in [-0.4, -0.2) is 20.4 Å². The lowest BCUT2D eigenvalue weighted by Gasteiger charge is -2.08. The number of amides is 1. The van der Waals surface area contributed by atoms with Crippen LogP contribution in [0.1, 0.15) is 18.1 Å². The number of pyridine rings is 1. The fourth-order valence-electron chi connectivity index (χ4n) is 3.39. The normalized spacial score (nSPS) is 10.8. The molecule has 152 valence electrons. The summed E-state index contributed by atoms with van der Waals surface area (Å²) in [5.41, 5.74) is 5.21. The molecular weight excluding hydrogens is 378 g/mol. The van der Waals surface area contributed by atoms with Crippen molar-refractivity contribution in [1.82, 2.24) is 14.5 Å². The van der Waals surface area contributed by atoms with Crippen LogP contribution in [0, 0.1) is 13.8 Å². The van der Waals surface area contributed by atoms with E-state index < -0.39 is 0 Å². The molecule has 0 saturated heterocycles. The quantitative estimate of drug-likeness (QED) is 0.487. The number of hydrogen-bond donors (Lipinski definition) is 2. The maximum absolute atomic E-state index is 11.2. The molecular formula is C23H23N5O2. The van der Waals surface area contributed by atoms with Gasteiger partial charge in [-0.25, -0.2) is 9.97 Å². The van der Waals surface area contributed by atoms with Crippen molar-refractivity contribution in [3.63, 3.8) is 0 Å². The summed E-state index contributed by atoms with van der Waals surface area (Å²) >= 11 is 0. The molecule has 7 heteroatoms. The van der Waals surface area contributed by atoms with Crippen LogP contribution in [0.5, 0.6) is 11.5 Å². The lowest BCUT2D eigenvalue weighted by molar-refractivity contribution is -0.114. The molecule has 2 N–H and O–H groups in total. The summed E-state index contributed by atoms with van der Waals surface area (Å²) in [7, 11) is 1.98. The number of hydrogen-bond acceptors (Lipinski definition) is 5. The molecule has 4 rings (SSSR count). The minimum atomic E-state index is -0.182. The number of rotatable bonds is 5. The standard InChI is InChI=1S/C23H23N5O2/c1-14-9-15(2)11-17(10-14)26-23-27-20-12-18(5-6-21(20)28(23)4)30-19-7-8-24-22(13-19)25-16(3)29/h5-13H,1-4H3,(H,26,27)(H,24,25,29). The van der Waals surface area contributed by atoms with Gasteiger partial charge in [-0.15, -0.1) is 0 Å². The second kappa shape index (κ2) is 7.87. The van der Waals surface area contributed by atoms with E-state index in [4.69, 9.17) is 9.72 Å². The fraction of sp³-hybridized carbons (Fsp3) is 0.174. The van der Waals surface area contributed by atoms with Crippen molar-refractivity contribution in [1.29, 1.82) is 0 Å². The van der Waals surface area contributed by atoms with Crippen LogP contribution in [0.2, 0.25) is 0 Å². The molecule has 0 aliphatic heterocycles. The largest absolute Gasteiger partial charge is 0.457 e. The first-order valence-electron chi connectivity index (χ1n) is 9.61. The first-order valence-corrected chi connectivity index (χ1v) is 9.61. The van der Waals surface area contributed by atoms with Crippen LogP contribution in [0.4, 0.5) is 17.5 Å². The van der Waals surface area contributed by atoms with E-state index in [1.165, 1.54) is 18.1 Å². The van der Waals surface area contributed by atoms with Crippen LogP contribution < -0.4 is 15.4 Å². The van der Waals surface area contributed by atoms with Gasteiger partial charge in [-0.2, -0.15) is 0 Å². The number of nitrogens with one attached hydrogen (secondary N) is 2. The molecule has 0 saturated carbocycles. The Morgan fingerprint density at radius 3 is 2.47 bits per heavy atom. The van der Waals surface area contributed by atoms with Crippen LogP contribution >= 0.6 is 0 Å². The highest BCUT2D eigenvalue weighted by atomic mass is 16.5. The van der Waals surface area contributed by atoms with E-state index in [1.807, 2.05) is 29.8 Å². The van der Waals surface area contributed by atoms with Gasteiger partial charge >= 0.3 is 0 Å². The van der Waals surface area contributed by atoms with Crippen molar-refractivity contribution >= 4 is 34.4 Å². The van der Waals surface area contributed by atoms with Crippen LogP contribution in [0.3, 0.4) is 0 Å².